The monoisotopic (exact) mass is 195 g/mol. The van der Waals surface area contributed by atoms with Crippen molar-refractivity contribution in [3.63, 3.8) is 0 Å². The summed E-state index contributed by atoms with van der Waals surface area (Å²) in [6.07, 6.45) is -1.23. The van der Waals surface area contributed by atoms with Gasteiger partial charge in [0.25, 0.3) is 6.43 Å². The molecule has 1 heterocycles. The summed E-state index contributed by atoms with van der Waals surface area (Å²) in [5, 5.41) is 0.594. The summed E-state index contributed by atoms with van der Waals surface area (Å²) in [5.74, 6) is 0.302. The number of aromatic nitrogens is 2. The number of nitrogen functional groups attached to an aromatic ring is 1. The Kier molecular flexibility index (Phi) is 1.99. The predicted octanol–water partition coefficient (Wildman–Crippen LogP) is 2.15. The van der Waals surface area contributed by atoms with E-state index in [0.717, 1.165) is 0 Å². The minimum Gasteiger partial charge on any atom is -0.383 e. The molecule has 0 aliphatic rings. The van der Waals surface area contributed by atoms with Gasteiger partial charge in [0.1, 0.15) is 12.1 Å². The number of rotatable bonds is 1. The van der Waals surface area contributed by atoms with E-state index in [1.807, 2.05) is 0 Å². The second kappa shape index (κ2) is 3.17. The van der Waals surface area contributed by atoms with Gasteiger partial charge in [0, 0.05) is 10.9 Å². The Balaban J connectivity index is 2.67. The predicted molar refractivity (Wildman–Crippen MR) is 48.9 cm³/mol. The fraction of sp³-hybridized carbons (Fsp3) is 0.111. The molecule has 0 atom stereocenters. The Morgan fingerprint density at radius 2 is 2.00 bits per heavy atom. The van der Waals surface area contributed by atoms with Crippen molar-refractivity contribution in [3.8, 4) is 0 Å². The average Bonchev–Trinajstić information content (AvgIpc) is 2.17. The molecular weight excluding hydrogens is 188 g/mol. The quantitative estimate of drug-likeness (QED) is 0.758. The van der Waals surface area contributed by atoms with Crippen LogP contribution < -0.4 is 5.73 Å². The highest BCUT2D eigenvalue weighted by molar-refractivity contribution is 5.88. The first-order valence-corrected chi connectivity index (χ1v) is 3.97. The minimum atomic E-state index is -2.49. The molecule has 0 amide bonds. The number of alkyl halides is 2. The summed E-state index contributed by atoms with van der Waals surface area (Å²) in [4.78, 5) is 7.62. The Morgan fingerprint density at radius 3 is 2.71 bits per heavy atom. The van der Waals surface area contributed by atoms with Gasteiger partial charge in [-0.15, -0.1) is 0 Å². The summed E-state index contributed by atoms with van der Waals surface area (Å²) in [6, 6.07) is 4.15. The van der Waals surface area contributed by atoms with Gasteiger partial charge in [-0.2, -0.15) is 0 Å². The van der Waals surface area contributed by atoms with Gasteiger partial charge in [-0.05, 0) is 12.1 Å². The van der Waals surface area contributed by atoms with Crippen molar-refractivity contribution in [1.82, 2.24) is 9.97 Å². The maximum absolute atomic E-state index is 12.3. The molecule has 0 unspecified atom stereocenters. The van der Waals surface area contributed by atoms with E-state index in [1.165, 1.54) is 24.5 Å². The van der Waals surface area contributed by atoms with Crippen molar-refractivity contribution < 1.29 is 8.78 Å². The van der Waals surface area contributed by atoms with Crippen LogP contribution in [0, 0.1) is 0 Å². The van der Waals surface area contributed by atoms with E-state index in [9.17, 15) is 8.78 Å². The number of nitrogens with two attached hydrogens (primary N) is 1. The van der Waals surface area contributed by atoms with E-state index in [0.29, 0.717) is 16.7 Å². The average molecular weight is 195 g/mol. The summed E-state index contributed by atoms with van der Waals surface area (Å²) in [6.45, 7) is 0. The summed E-state index contributed by atoms with van der Waals surface area (Å²) in [5.41, 5.74) is 5.92. The van der Waals surface area contributed by atoms with E-state index in [-0.39, 0.29) is 5.56 Å². The standard InChI is InChI=1S/C9H7F2N3/c10-8(11)5-1-2-6-7(3-5)13-4-14-9(6)12/h1-4,8H,(H2,12,13,14). The molecule has 0 aliphatic heterocycles. The zero-order valence-electron chi connectivity index (χ0n) is 7.11. The minimum absolute atomic E-state index is 0.0596. The van der Waals surface area contributed by atoms with Gasteiger partial charge < -0.3 is 5.73 Å². The SMILES string of the molecule is Nc1ncnc2cc(C(F)F)ccc12. The van der Waals surface area contributed by atoms with Crippen LogP contribution in [0.4, 0.5) is 14.6 Å². The molecule has 0 saturated heterocycles. The van der Waals surface area contributed by atoms with Gasteiger partial charge in [0.15, 0.2) is 0 Å². The molecule has 3 nitrogen and oxygen atoms in total. The third kappa shape index (κ3) is 1.37. The van der Waals surface area contributed by atoms with Crippen LogP contribution in [0.25, 0.3) is 10.9 Å². The molecule has 14 heavy (non-hydrogen) atoms. The number of hydrogen-bond acceptors (Lipinski definition) is 3. The van der Waals surface area contributed by atoms with Crippen LogP contribution in [0.15, 0.2) is 24.5 Å². The highest BCUT2D eigenvalue weighted by Crippen LogP contribution is 2.24. The Hall–Kier alpha value is -1.78. The smallest absolute Gasteiger partial charge is 0.263 e. The molecule has 0 bridgehead atoms. The molecule has 0 saturated carbocycles. The topological polar surface area (TPSA) is 51.8 Å². The summed E-state index contributed by atoms with van der Waals surface area (Å²) in [7, 11) is 0. The van der Waals surface area contributed by atoms with Gasteiger partial charge in [-0.1, -0.05) is 6.07 Å². The van der Waals surface area contributed by atoms with Crippen molar-refractivity contribution in [2.75, 3.05) is 5.73 Å². The van der Waals surface area contributed by atoms with Gasteiger partial charge in [0.05, 0.1) is 5.52 Å². The first kappa shape index (κ1) is 8.80. The van der Waals surface area contributed by atoms with Crippen LogP contribution >= 0.6 is 0 Å². The lowest BCUT2D eigenvalue weighted by Crippen LogP contribution is -1.94. The Labute approximate surface area is 78.6 Å². The van der Waals surface area contributed by atoms with Gasteiger partial charge in [0.2, 0.25) is 0 Å². The van der Waals surface area contributed by atoms with Crippen LogP contribution in [-0.2, 0) is 0 Å². The fourth-order valence-electron chi connectivity index (χ4n) is 1.23. The zero-order valence-corrected chi connectivity index (χ0v) is 7.11. The molecule has 0 radical (unpaired) electrons. The van der Waals surface area contributed by atoms with E-state index >= 15 is 0 Å². The van der Waals surface area contributed by atoms with Crippen molar-refractivity contribution in [3.05, 3.63) is 30.1 Å². The van der Waals surface area contributed by atoms with Crippen molar-refractivity contribution in [1.29, 1.82) is 0 Å². The van der Waals surface area contributed by atoms with Gasteiger partial charge in [-0.25, -0.2) is 18.7 Å². The molecule has 0 fully saturated rings. The van der Waals surface area contributed by atoms with E-state index < -0.39 is 6.43 Å². The molecule has 72 valence electrons. The normalized spacial score (nSPS) is 11.1. The van der Waals surface area contributed by atoms with Crippen LogP contribution in [0.1, 0.15) is 12.0 Å². The first-order chi connectivity index (χ1) is 6.68. The van der Waals surface area contributed by atoms with E-state index in [2.05, 4.69) is 9.97 Å². The fourth-order valence-corrected chi connectivity index (χ4v) is 1.23. The van der Waals surface area contributed by atoms with Crippen LogP contribution in [0.2, 0.25) is 0 Å². The highest BCUT2D eigenvalue weighted by Gasteiger charge is 2.08. The second-order valence-electron chi connectivity index (χ2n) is 2.84. The Morgan fingerprint density at radius 1 is 1.21 bits per heavy atom. The number of anilines is 1. The number of benzene rings is 1. The number of fused-ring (bicyclic) bond motifs is 1. The van der Waals surface area contributed by atoms with E-state index in [4.69, 9.17) is 5.73 Å². The lowest BCUT2D eigenvalue weighted by molar-refractivity contribution is 0.151. The number of hydrogen-bond donors (Lipinski definition) is 1. The van der Waals surface area contributed by atoms with Crippen molar-refractivity contribution >= 4 is 16.7 Å². The number of nitrogens with zero attached hydrogens (tertiary/aromatic N) is 2. The van der Waals surface area contributed by atoms with Gasteiger partial charge >= 0.3 is 0 Å². The van der Waals surface area contributed by atoms with Crippen LogP contribution in [0.5, 0.6) is 0 Å². The zero-order chi connectivity index (χ0) is 10.1. The van der Waals surface area contributed by atoms with Crippen molar-refractivity contribution in [2.24, 2.45) is 0 Å². The maximum atomic E-state index is 12.3. The van der Waals surface area contributed by atoms with Gasteiger partial charge in [-0.3, -0.25) is 0 Å². The molecule has 2 N–H and O–H groups in total. The third-order valence-corrected chi connectivity index (χ3v) is 1.94. The number of halogens is 2. The molecule has 1 aromatic carbocycles. The molecule has 5 heteroatoms. The Bertz CT molecular complexity index is 471. The van der Waals surface area contributed by atoms with Crippen molar-refractivity contribution in [2.45, 2.75) is 6.43 Å². The molecule has 0 spiro atoms. The molecule has 1 aromatic heterocycles. The molecule has 2 aromatic rings. The lowest BCUT2D eigenvalue weighted by Gasteiger charge is -2.02. The summed E-state index contributed by atoms with van der Waals surface area (Å²) < 4.78 is 24.6. The molecule has 2 rings (SSSR count). The summed E-state index contributed by atoms with van der Waals surface area (Å²) >= 11 is 0. The molecular formula is C9H7F2N3. The van der Waals surface area contributed by atoms with Crippen LogP contribution in [0.3, 0.4) is 0 Å². The molecule has 0 aliphatic carbocycles. The maximum Gasteiger partial charge on any atom is 0.263 e. The van der Waals surface area contributed by atoms with E-state index in [1.54, 1.807) is 0 Å². The largest absolute Gasteiger partial charge is 0.383 e. The highest BCUT2D eigenvalue weighted by atomic mass is 19.3. The lowest BCUT2D eigenvalue weighted by atomic mass is 10.1. The first-order valence-electron chi connectivity index (χ1n) is 3.97. The third-order valence-electron chi connectivity index (χ3n) is 1.94. The second-order valence-corrected chi connectivity index (χ2v) is 2.84. The van der Waals surface area contributed by atoms with Crippen LogP contribution in [-0.4, -0.2) is 9.97 Å².